The fourth-order valence-corrected chi connectivity index (χ4v) is 1.56. The highest BCUT2D eigenvalue weighted by molar-refractivity contribution is 6.29. The molecule has 0 aromatic carbocycles. The summed E-state index contributed by atoms with van der Waals surface area (Å²) in [6, 6.07) is 0. The van der Waals surface area contributed by atoms with Crippen molar-refractivity contribution in [1.82, 2.24) is 0 Å². The van der Waals surface area contributed by atoms with E-state index in [1.807, 2.05) is 0 Å². The second-order valence-electron chi connectivity index (χ2n) is 5.57. The summed E-state index contributed by atoms with van der Waals surface area (Å²) in [5.41, 5.74) is 0. The van der Waals surface area contributed by atoms with Gasteiger partial charge in [-0.25, -0.2) is 9.59 Å². The second-order valence-corrected chi connectivity index (χ2v) is 5.57. The van der Waals surface area contributed by atoms with Crippen LogP contribution in [-0.2, 0) is 19.1 Å². The molecule has 0 fully saturated rings. The minimum atomic E-state index is -8.82. The normalized spacial score (nSPS) is 15.3. The maximum absolute atomic E-state index is 13.4. The van der Waals surface area contributed by atoms with Crippen LogP contribution in [0.5, 0.6) is 0 Å². The summed E-state index contributed by atoms with van der Waals surface area (Å²) < 4.78 is 225. The summed E-state index contributed by atoms with van der Waals surface area (Å²) in [4.78, 5) is 21.4. The number of alkyl halides is 17. The number of esters is 2. The number of hydrogen-bond donors (Lipinski definition) is 0. The summed E-state index contributed by atoms with van der Waals surface area (Å²) in [6.07, 6.45) is -15.3. The molecule has 33 heavy (non-hydrogen) atoms. The van der Waals surface area contributed by atoms with E-state index < -0.39 is 66.4 Å². The van der Waals surface area contributed by atoms with Gasteiger partial charge in [-0.2, -0.15) is 74.6 Å². The topological polar surface area (TPSA) is 52.6 Å². The number of hydrogen-bond acceptors (Lipinski definition) is 4. The molecule has 0 spiro atoms. The quantitative estimate of drug-likeness (QED) is 0.248. The average molecular weight is 536 g/mol. The number of ether oxygens (including phenoxy) is 2. The predicted molar refractivity (Wildman–Crippen MR) is 63.4 cm³/mol. The zero-order chi connectivity index (χ0) is 27.3. The summed E-state index contributed by atoms with van der Waals surface area (Å²) in [5.74, 6) is -57.5. The van der Waals surface area contributed by atoms with Crippen molar-refractivity contribution in [2.24, 2.45) is 0 Å². The Morgan fingerprint density at radius 3 is 1.12 bits per heavy atom. The van der Waals surface area contributed by atoms with Gasteiger partial charge in [0.1, 0.15) is 0 Å². The third kappa shape index (κ3) is 4.33. The lowest BCUT2D eigenvalue weighted by Crippen LogP contribution is -2.74. The average Bonchev–Trinajstić information content (AvgIpc) is 2.59. The molecule has 0 aliphatic carbocycles. The van der Waals surface area contributed by atoms with Crippen molar-refractivity contribution in [2.45, 2.75) is 54.7 Å². The van der Waals surface area contributed by atoms with Crippen LogP contribution < -0.4 is 0 Å². The van der Waals surface area contributed by atoms with Crippen LogP contribution >= 0.6 is 0 Å². The molecule has 0 bridgehead atoms. The van der Waals surface area contributed by atoms with Crippen molar-refractivity contribution in [3.8, 4) is 0 Å². The molecule has 196 valence electrons. The Bertz CT molecular complexity index is 754. The highest BCUT2D eigenvalue weighted by atomic mass is 19.4. The molecular formula is C12H5F17O4. The van der Waals surface area contributed by atoms with Gasteiger partial charge in [-0.15, -0.1) is 0 Å². The molecule has 0 radical (unpaired) electrons. The zero-order valence-electron chi connectivity index (χ0n) is 14.8. The van der Waals surface area contributed by atoms with Crippen LogP contribution in [0.25, 0.3) is 0 Å². The number of rotatable bonds is 8. The lowest BCUT2D eigenvalue weighted by Gasteiger charge is -2.42. The summed E-state index contributed by atoms with van der Waals surface area (Å²) in [7, 11) is 0. The van der Waals surface area contributed by atoms with Crippen LogP contribution in [0.15, 0.2) is 0 Å². The van der Waals surface area contributed by atoms with E-state index in [2.05, 4.69) is 9.47 Å². The first-order chi connectivity index (χ1) is 14.1. The number of carbonyl (C=O) groups excluding carboxylic acids is 2. The molecule has 0 rings (SSSR count). The van der Waals surface area contributed by atoms with E-state index in [1.165, 1.54) is 0 Å². The van der Waals surface area contributed by atoms with Crippen molar-refractivity contribution in [2.75, 3.05) is 6.61 Å². The third-order valence-electron chi connectivity index (χ3n) is 3.36. The predicted octanol–water partition coefficient (Wildman–Crippen LogP) is 5.06. The van der Waals surface area contributed by atoms with Crippen LogP contribution in [0, 0.1) is 0 Å². The SMILES string of the molecule is CCOC(=O)C(=O)OC(F)(F)C(F)(F)C(F)(F)C(F)(F)C(F)(F)C(F)(F)C(F)(F)C(F)(F)F. The molecule has 0 heterocycles. The molecule has 0 aromatic rings. The lowest BCUT2D eigenvalue weighted by molar-refractivity contribution is -0.473. The maximum Gasteiger partial charge on any atom is 0.473 e. The molecule has 0 amide bonds. The van der Waals surface area contributed by atoms with Gasteiger partial charge >= 0.3 is 59.8 Å². The largest absolute Gasteiger partial charge is 0.473 e. The van der Waals surface area contributed by atoms with Crippen molar-refractivity contribution < 1.29 is 93.7 Å². The van der Waals surface area contributed by atoms with Crippen molar-refractivity contribution >= 4 is 11.9 Å². The van der Waals surface area contributed by atoms with Crippen LogP contribution in [0.3, 0.4) is 0 Å². The van der Waals surface area contributed by atoms with Gasteiger partial charge in [-0.1, -0.05) is 0 Å². The first-order valence-corrected chi connectivity index (χ1v) is 7.23. The van der Waals surface area contributed by atoms with E-state index in [0.717, 1.165) is 6.92 Å². The van der Waals surface area contributed by atoms with Crippen molar-refractivity contribution in [3.63, 3.8) is 0 Å². The molecule has 21 heteroatoms. The number of carbonyl (C=O) groups is 2. The van der Waals surface area contributed by atoms with E-state index in [4.69, 9.17) is 0 Å². The molecule has 0 aromatic heterocycles. The van der Waals surface area contributed by atoms with Crippen LogP contribution in [-0.4, -0.2) is 66.4 Å². The van der Waals surface area contributed by atoms with Gasteiger partial charge in [0, 0.05) is 0 Å². The van der Waals surface area contributed by atoms with Gasteiger partial charge < -0.3 is 9.47 Å². The minimum absolute atomic E-state index is 0.825. The molecule has 0 saturated carbocycles. The molecule has 0 unspecified atom stereocenters. The van der Waals surface area contributed by atoms with E-state index in [0.29, 0.717) is 0 Å². The minimum Gasteiger partial charge on any atom is -0.458 e. The fourth-order valence-electron chi connectivity index (χ4n) is 1.56. The zero-order valence-corrected chi connectivity index (χ0v) is 14.8. The fraction of sp³-hybridized carbons (Fsp3) is 0.833. The summed E-state index contributed by atoms with van der Waals surface area (Å²) in [6.45, 7) is -0.0789. The van der Waals surface area contributed by atoms with E-state index in [9.17, 15) is 84.2 Å². The van der Waals surface area contributed by atoms with Crippen molar-refractivity contribution in [1.29, 1.82) is 0 Å². The van der Waals surface area contributed by atoms with Crippen molar-refractivity contribution in [3.05, 3.63) is 0 Å². The second kappa shape index (κ2) is 8.20. The van der Waals surface area contributed by atoms with E-state index >= 15 is 0 Å². The smallest absolute Gasteiger partial charge is 0.458 e. The standard InChI is InChI=1S/C12H5F17O4/c1-2-32-3(30)4(31)33-12(28,29)10(23,24)8(19,20)6(15,16)5(13,14)7(17,18)9(21,22)11(25,26)27/h2H2,1H3. The monoisotopic (exact) mass is 536 g/mol. The molecule has 0 aliphatic rings. The van der Waals surface area contributed by atoms with E-state index in [-0.39, 0.29) is 0 Å². The summed E-state index contributed by atoms with van der Waals surface area (Å²) in [5, 5.41) is 0. The molecule has 4 nitrogen and oxygen atoms in total. The van der Waals surface area contributed by atoms with Crippen LogP contribution in [0.4, 0.5) is 74.6 Å². The maximum atomic E-state index is 13.4. The lowest BCUT2D eigenvalue weighted by atomic mass is 9.90. The molecule has 0 N–H and O–H groups in total. The highest BCUT2D eigenvalue weighted by Gasteiger charge is 2.96. The Labute approximate surface area is 168 Å². The molecule has 0 atom stereocenters. The van der Waals surface area contributed by atoms with Crippen LogP contribution in [0.1, 0.15) is 6.92 Å². The van der Waals surface area contributed by atoms with Gasteiger partial charge in [0.25, 0.3) is 0 Å². The molecule has 0 aliphatic heterocycles. The van der Waals surface area contributed by atoms with E-state index in [1.54, 1.807) is 0 Å². The van der Waals surface area contributed by atoms with Gasteiger partial charge in [0.2, 0.25) is 0 Å². The van der Waals surface area contributed by atoms with Gasteiger partial charge in [-0.3, -0.25) is 0 Å². The number of halogens is 17. The summed E-state index contributed by atoms with van der Waals surface area (Å²) >= 11 is 0. The Morgan fingerprint density at radius 1 is 0.515 bits per heavy atom. The first kappa shape index (κ1) is 30.8. The molecule has 0 saturated heterocycles. The van der Waals surface area contributed by atoms with Gasteiger partial charge in [-0.05, 0) is 6.92 Å². The van der Waals surface area contributed by atoms with Gasteiger partial charge in [0.05, 0.1) is 6.61 Å². The molecular weight excluding hydrogens is 531 g/mol. The Morgan fingerprint density at radius 2 is 0.818 bits per heavy atom. The Hall–Kier alpha value is -2.25. The highest BCUT2D eigenvalue weighted by Crippen LogP contribution is 2.64. The third-order valence-corrected chi connectivity index (χ3v) is 3.36. The Kier molecular flexibility index (Phi) is 7.64. The Balaban J connectivity index is 6.59. The first-order valence-electron chi connectivity index (χ1n) is 7.23. The van der Waals surface area contributed by atoms with Crippen LogP contribution in [0.2, 0.25) is 0 Å². The van der Waals surface area contributed by atoms with Gasteiger partial charge in [0.15, 0.2) is 0 Å².